The molecule has 3 nitrogen and oxygen atoms in total. The van der Waals surface area contributed by atoms with Crippen LogP contribution in [0.1, 0.15) is 36.9 Å². The average molecular weight is 287 g/mol. The molecule has 0 radical (unpaired) electrons. The molecule has 1 aromatic heterocycles. The summed E-state index contributed by atoms with van der Waals surface area (Å²) in [5.41, 5.74) is 3.85. The Kier molecular flexibility index (Phi) is 4.32. The van der Waals surface area contributed by atoms with Crippen LogP contribution in [0, 0.1) is 13.8 Å². The van der Waals surface area contributed by atoms with E-state index in [0.717, 1.165) is 12.6 Å². The van der Waals surface area contributed by atoms with Gasteiger partial charge in [-0.1, -0.05) is 18.2 Å². The van der Waals surface area contributed by atoms with Crippen LogP contribution in [0.5, 0.6) is 0 Å². The fourth-order valence-electron chi connectivity index (χ4n) is 3.67. The van der Waals surface area contributed by atoms with Gasteiger partial charge in [-0.3, -0.25) is 0 Å². The van der Waals surface area contributed by atoms with E-state index in [4.69, 9.17) is 0 Å². The van der Waals surface area contributed by atoms with E-state index in [1.807, 2.05) is 0 Å². The maximum Gasteiger partial charge on any atom is 0.121 e. The molecule has 114 valence electrons. The number of benzene rings is 1. The van der Waals surface area contributed by atoms with Gasteiger partial charge < -0.3 is 15.0 Å². The first-order valence-corrected chi connectivity index (χ1v) is 8.22. The highest BCUT2D eigenvalue weighted by Crippen LogP contribution is 2.25. The third kappa shape index (κ3) is 2.99. The van der Waals surface area contributed by atoms with Gasteiger partial charge >= 0.3 is 0 Å². The molecule has 1 atom stereocenters. The molecule has 0 aliphatic heterocycles. The number of fused-ring (bicyclic) bond motifs is 1. The molecule has 0 bridgehead atoms. The van der Waals surface area contributed by atoms with Crippen molar-refractivity contribution in [3.05, 3.63) is 35.5 Å². The molecule has 3 heteroatoms. The molecule has 1 saturated carbocycles. The molecule has 1 aliphatic carbocycles. The van der Waals surface area contributed by atoms with Gasteiger partial charge in [0.2, 0.25) is 0 Å². The number of hydrogen-bond donors (Lipinski definition) is 2. The zero-order valence-corrected chi connectivity index (χ0v) is 13.2. The number of rotatable bonds is 5. The molecular formula is C18H27N2O+. The minimum atomic E-state index is -0.278. The van der Waals surface area contributed by atoms with Crippen molar-refractivity contribution in [1.29, 1.82) is 0 Å². The highest BCUT2D eigenvalue weighted by Gasteiger charge is 2.20. The van der Waals surface area contributed by atoms with Crippen molar-refractivity contribution in [1.82, 2.24) is 4.57 Å². The van der Waals surface area contributed by atoms with Crippen molar-refractivity contribution < 1.29 is 10.4 Å². The molecule has 1 fully saturated rings. The molecule has 21 heavy (non-hydrogen) atoms. The van der Waals surface area contributed by atoms with Gasteiger partial charge in [0.25, 0.3) is 0 Å². The number of nitrogens with zero attached hydrogens (tertiary/aromatic N) is 1. The molecule has 0 unspecified atom stereocenters. The van der Waals surface area contributed by atoms with E-state index in [-0.39, 0.29) is 6.10 Å². The van der Waals surface area contributed by atoms with Crippen molar-refractivity contribution in [3.8, 4) is 0 Å². The Morgan fingerprint density at radius 1 is 1.24 bits per heavy atom. The fourth-order valence-corrected chi connectivity index (χ4v) is 3.67. The molecule has 1 aromatic carbocycles. The molecule has 1 heterocycles. The quantitative estimate of drug-likeness (QED) is 0.869. The van der Waals surface area contributed by atoms with Gasteiger partial charge in [0.1, 0.15) is 12.6 Å². The van der Waals surface area contributed by atoms with Crippen LogP contribution < -0.4 is 5.32 Å². The van der Waals surface area contributed by atoms with E-state index in [2.05, 4.69) is 48.0 Å². The Labute approximate surface area is 127 Å². The molecule has 3 N–H and O–H groups in total. The Morgan fingerprint density at radius 3 is 2.71 bits per heavy atom. The normalized spacial score (nSPS) is 17.7. The zero-order chi connectivity index (χ0) is 14.8. The van der Waals surface area contributed by atoms with Crippen LogP contribution in [0.15, 0.2) is 24.3 Å². The Morgan fingerprint density at radius 2 is 1.95 bits per heavy atom. The number of nitrogens with two attached hydrogens (primary N) is 1. The van der Waals surface area contributed by atoms with E-state index >= 15 is 0 Å². The van der Waals surface area contributed by atoms with E-state index in [1.54, 1.807) is 0 Å². The van der Waals surface area contributed by atoms with Crippen LogP contribution >= 0.6 is 0 Å². The molecule has 0 spiro atoms. The van der Waals surface area contributed by atoms with Crippen molar-refractivity contribution >= 4 is 10.9 Å². The maximum atomic E-state index is 10.4. The van der Waals surface area contributed by atoms with Crippen LogP contribution in [0.2, 0.25) is 0 Å². The maximum absolute atomic E-state index is 10.4. The van der Waals surface area contributed by atoms with Gasteiger partial charge in [0.15, 0.2) is 0 Å². The summed E-state index contributed by atoms with van der Waals surface area (Å²) in [5, 5.41) is 14.1. The predicted molar refractivity (Wildman–Crippen MR) is 86.5 cm³/mol. The SMILES string of the molecule is Cc1c(C)n(C[C@@H](O)C[NH2+]C2CCCC2)c2ccccc12. The number of aryl methyl sites for hydroxylation is 1. The third-order valence-corrected chi connectivity index (χ3v) is 5.08. The van der Waals surface area contributed by atoms with Crippen LogP contribution in [0.3, 0.4) is 0 Å². The molecule has 2 aromatic rings. The van der Waals surface area contributed by atoms with Crippen LogP contribution in [-0.4, -0.2) is 28.4 Å². The molecule has 1 aliphatic rings. The second-order valence-corrected chi connectivity index (χ2v) is 6.51. The number of aliphatic hydroxyl groups is 1. The molecular weight excluding hydrogens is 260 g/mol. The topological polar surface area (TPSA) is 41.8 Å². The van der Waals surface area contributed by atoms with Gasteiger partial charge in [0, 0.05) is 16.6 Å². The van der Waals surface area contributed by atoms with Crippen LogP contribution in [0.4, 0.5) is 0 Å². The monoisotopic (exact) mass is 287 g/mol. The van der Waals surface area contributed by atoms with Gasteiger partial charge in [-0.2, -0.15) is 0 Å². The summed E-state index contributed by atoms with van der Waals surface area (Å²) in [6.07, 6.45) is 5.07. The first kappa shape index (κ1) is 14.6. The van der Waals surface area contributed by atoms with E-state index in [0.29, 0.717) is 6.54 Å². The first-order valence-electron chi connectivity index (χ1n) is 8.22. The summed E-state index contributed by atoms with van der Waals surface area (Å²) in [4.78, 5) is 0. The van der Waals surface area contributed by atoms with Gasteiger partial charge in [-0.15, -0.1) is 0 Å². The lowest BCUT2D eigenvalue weighted by molar-refractivity contribution is -0.693. The van der Waals surface area contributed by atoms with Crippen molar-refractivity contribution in [2.75, 3.05) is 6.54 Å². The predicted octanol–water partition coefficient (Wildman–Crippen LogP) is 2.13. The van der Waals surface area contributed by atoms with Crippen LogP contribution in [-0.2, 0) is 6.54 Å². The van der Waals surface area contributed by atoms with Crippen molar-refractivity contribution in [2.45, 2.75) is 58.2 Å². The standard InChI is InChI=1S/C18H26N2O/c1-13-14(2)20(18-10-6-5-9-17(13)18)12-16(21)11-19-15-7-3-4-8-15/h5-6,9-10,15-16,19,21H,3-4,7-8,11-12H2,1-2H3/p+1/t16-/m0/s1. The number of aromatic nitrogens is 1. The van der Waals surface area contributed by atoms with Gasteiger partial charge in [0.05, 0.1) is 12.6 Å². The number of hydrogen-bond acceptors (Lipinski definition) is 1. The second-order valence-electron chi connectivity index (χ2n) is 6.51. The van der Waals surface area contributed by atoms with E-state index in [9.17, 15) is 5.11 Å². The highest BCUT2D eigenvalue weighted by molar-refractivity contribution is 5.85. The van der Waals surface area contributed by atoms with E-state index < -0.39 is 0 Å². The molecule has 0 amide bonds. The fraction of sp³-hybridized carbons (Fsp3) is 0.556. The summed E-state index contributed by atoms with van der Waals surface area (Å²) in [5.74, 6) is 0. The molecule has 0 saturated heterocycles. The van der Waals surface area contributed by atoms with Gasteiger partial charge in [-0.25, -0.2) is 0 Å². The number of quaternary nitrogens is 1. The number of aliphatic hydroxyl groups excluding tert-OH is 1. The summed E-state index contributed by atoms with van der Waals surface area (Å²) in [6.45, 7) is 5.84. The second kappa shape index (κ2) is 6.20. The summed E-state index contributed by atoms with van der Waals surface area (Å²) in [6, 6.07) is 9.23. The lowest BCUT2D eigenvalue weighted by Crippen LogP contribution is -2.91. The smallest absolute Gasteiger partial charge is 0.121 e. The average Bonchev–Trinajstić information content (AvgIpc) is 3.09. The number of para-hydroxylation sites is 1. The van der Waals surface area contributed by atoms with E-state index in [1.165, 1.54) is 47.8 Å². The van der Waals surface area contributed by atoms with Crippen molar-refractivity contribution in [3.63, 3.8) is 0 Å². The largest absolute Gasteiger partial charge is 0.385 e. The highest BCUT2D eigenvalue weighted by atomic mass is 16.3. The van der Waals surface area contributed by atoms with Gasteiger partial charge in [-0.05, 0) is 51.2 Å². The third-order valence-electron chi connectivity index (χ3n) is 5.08. The first-order chi connectivity index (χ1) is 10.2. The Balaban J connectivity index is 1.70. The summed E-state index contributed by atoms with van der Waals surface area (Å²) in [7, 11) is 0. The minimum absolute atomic E-state index is 0.278. The lowest BCUT2D eigenvalue weighted by atomic mass is 10.2. The minimum Gasteiger partial charge on any atom is -0.385 e. The Bertz CT molecular complexity index is 611. The zero-order valence-electron chi connectivity index (χ0n) is 13.2. The molecule has 3 rings (SSSR count). The van der Waals surface area contributed by atoms with Crippen LogP contribution in [0.25, 0.3) is 10.9 Å². The summed E-state index contributed by atoms with van der Waals surface area (Å²) < 4.78 is 2.28. The Hall–Kier alpha value is -1.32. The summed E-state index contributed by atoms with van der Waals surface area (Å²) >= 11 is 0. The lowest BCUT2D eigenvalue weighted by Gasteiger charge is -2.16. The van der Waals surface area contributed by atoms with Crippen molar-refractivity contribution in [2.24, 2.45) is 0 Å².